The number of hydrogen-bond donors (Lipinski definition) is 1. The van der Waals surface area contributed by atoms with E-state index in [1.54, 1.807) is 24.0 Å². The molecule has 2 fully saturated rings. The van der Waals surface area contributed by atoms with Crippen LogP contribution in [0.25, 0.3) is 0 Å². The molecule has 1 saturated carbocycles. The molecular weight excluding hydrogens is 257 g/mol. The fourth-order valence-electron chi connectivity index (χ4n) is 3.22. The minimum atomic E-state index is -0.785. The average molecular weight is 277 g/mol. The Morgan fingerprint density at radius 2 is 1.90 bits per heavy atom. The number of nitrogens with zero attached hydrogens (tertiary/aromatic N) is 1. The first-order chi connectivity index (χ1) is 9.43. The van der Waals surface area contributed by atoms with Gasteiger partial charge in [-0.05, 0) is 50.3 Å². The predicted octanol–water partition coefficient (Wildman–Crippen LogP) is 2.23. The van der Waals surface area contributed by atoms with E-state index in [4.69, 9.17) is 0 Å². The van der Waals surface area contributed by atoms with Crippen LogP contribution in [-0.2, 0) is 10.2 Å². The second kappa shape index (κ2) is 4.55. The van der Waals surface area contributed by atoms with E-state index in [9.17, 15) is 14.3 Å². The van der Waals surface area contributed by atoms with Crippen molar-refractivity contribution in [2.24, 2.45) is 0 Å². The van der Waals surface area contributed by atoms with Gasteiger partial charge in [-0.25, -0.2) is 4.39 Å². The number of β-amino-alcohol motifs (C(OH)–C–C–N with tert-alkyl or cyclic N) is 1. The number of hydrogen-bond acceptors (Lipinski definition) is 2. The van der Waals surface area contributed by atoms with E-state index in [0.717, 1.165) is 31.2 Å². The van der Waals surface area contributed by atoms with E-state index in [-0.39, 0.29) is 11.7 Å². The summed E-state index contributed by atoms with van der Waals surface area (Å²) in [6.07, 6.45) is 3.20. The minimum absolute atomic E-state index is 0.0871. The summed E-state index contributed by atoms with van der Waals surface area (Å²) in [7, 11) is 0. The van der Waals surface area contributed by atoms with Gasteiger partial charge in [-0.2, -0.15) is 0 Å². The Balaban J connectivity index is 1.81. The third-order valence-corrected chi connectivity index (χ3v) is 4.52. The summed E-state index contributed by atoms with van der Waals surface area (Å²) < 4.78 is 13.0. The summed E-state index contributed by atoms with van der Waals surface area (Å²) >= 11 is 0. The third-order valence-electron chi connectivity index (χ3n) is 4.52. The van der Waals surface area contributed by atoms with Crippen molar-refractivity contribution in [3.8, 4) is 0 Å². The maximum Gasteiger partial charge on any atom is 0.233 e. The van der Waals surface area contributed by atoms with Crippen molar-refractivity contribution in [3.63, 3.8) is 0 Å². The Morgan fingerprint density at radius 1 is 1.25 bits per heavy atom. The topological polar surface area (TPSA) is 40.5 Å². The van der Waals surface area contributed by atoms with Crippen molar-refractivity contribution in [1.82, 2.24) is 4.90 Å². The summed E-state index contributed by atoms with van der Waals surface area (Å²) in [6.45, 7) is 2.89. The summed E-state index contributed by atoms with van der Waals surface area (Å²) in [5.74, 6) is -0.193. The molecule has 0 radical (unpaired) electrons. The summed E-state index contributed by atoms with van der Waals surface area (Å²) in [4.78, 5) is 14.6. The standard InChI is InChI=1S/C16H20FNO2/c1-15(20)7-2-10-18(11-15)14(19)16(8-9-16)12-3-5-13(17)6-4-12/h3-6,20H,2,7-11H2,1H3. The largest absolute Gasteiger partial charge is 0.388 e. The molecule has 1 saturated heterocycles. The number of piperidine rings is 1. The maximum atomic E-state index is 13.0. The Labute approximate surface area is 118 Å². The molecule has 1 aliphatic heterocycles. The zero-order valence-electron chi connectivity index (χ0n) is 11.7. The highest BCUT2D eigenvalue weighted by molar-refractivity contribution is 5.91. The van der Waals surface area contributed by atoms with Crippen molar-refractivity contribution in [2.45, 2.75) is 43.6 Å². The molecular formula is C16H20FNO2. The second-order valence-corrected chi connectivity index (χ2v) is 6.42. The first kappa shape index (κ1) is 13.6. The lowest BCUT2D eigenvalue weighted by Crippen LogP contribution is -2.51. The highest BCUT2D eigenvalue weighted by atomic mass is 19.1. The highest BCUT2D eigenvalue weighted by Gasteiger charge is 2.53. The molecule has 1 amide bonds. The number of carbonyl (C=O) groups is 1. The molecule has 4 heteroatoms. The molecule has 1 unspecified atom stereocenters. The average Bonchev–Trinajstić information content (AvgIpc) is 3.19. The number of benzene rings is 1. The van der Waals surface area contributed by atoms with E-state index in [1.807, 2.05) is 0 Å². The van der Waals surface area contributed by atoms with Crippen LogP contribution in [0.4, 0.5) is 4.39 Å². The number of halogens is 1. The quantitative estimate of drug-likeness (QED) is 0.900. The normalized spacial score (nSPS) is 28.2. The van der Waals surface area contributed by atoms with Gasteiger partial charge in [0.1, 0.15) is 5.82 Å². The molecule has 3 rings (SSSR count). The second-order valence-electron chi connectivity index (χ2n) is 6.42. The number of carbonyl (C=O) groups excluding carboxylic acids is 1. The number of aliphatic hydroxyl groups is 1. The van der Waals surface area contributed by atoms with Crippen LogP contribution in [0.15, 0.2) is 24.3 Å². The fraction of sp³-hybridized carbons (Fsp3) is 0.562. The van der Waals surface area contributed by atoms with E-state index in [0.29, 0.717) is 13.1 Å². The third kappa shape index (κ3) is 2.33. The number of likely N-dealkylation sites (tertiary alicyclic amines) is 1. The zero-order chi connectivity index (χ0) is 14.4. The minimum Gasteiger partial charge on any atom is -0.388 e. The molecule has 1 aromatic rings. The molecule has 2 aliphatic rings. The van der Waals surface area contributed by atoms with E-state index >= 15 is 0 Å². The van der Waals surface area contributed by atoms with Gasteiger partial charge in [0.05, 0.1) is 11.0 Å². The maximum absolute atomic E-state index is 13.0. The van der Waals surface area contributed by atoms with Crippen LogP contribution in [0.1, 0.15) is 38.2 Å². The van der Waals surface area contributed by atoms with Crippen LogP contribution in [0.3, 0.4) is 0 Å². The Morgan fingerprint density at radius 3 is 2.45 bits per heavy atom. The summed E-state index contributed by atoms with van der Waals surface area (Å²) in [6, 6.07) is 6.24. The fourth-order valence-corrected chi connectivity index (χ4v) is 3.22. The van der Waals surface area contributed by atoms with Crippen LogP contribution in [-0.4, -0.2) is 34.6 Å². The monoisotopic (exact) mass is 277 g/mol. The van der Waals surface area contributed by atoms with Crippen LogP contribution < -0.4 is 0 Å². The lowest BCUT2D eigenvalue weighted by Gasteiger charge is -2.38. The summed E-state index contributed by atoms with van der Waals surface area (Å²) in [5.41, 5.74) is -0.359. The molecule has 108 valence electrons. The van der Waals surface area contributed by atoms with E-state index in [1.165, 1.54) is 12.1 Å². The van der Waals surface area contributed by atoms with Gasteiger partial charge in [0, 0.05) is 13.1 Å². The van der Waals surface area contributed by atoms with Gasteiger partial charge in [0.25, 0.3) is 0 Å². The zero-order valence-corrected chi connectivity index (χ0v) is 11.7. The molecule has 1 aromatic carbocycles. The molecule has 1 N–H and O–H groups in total. The van der Waals surface area contributed by atoms with E-state index in [2.05, 4.69) is 0 Å². The lowest BCUT2D eigenvalue weighted by atomic mass is 9.90. The molecule has 3 nitrogen and oxygen atoms in total. The predicted molar refractivity (Wildman–Crippen MR) is 73.7 cm³/mol. The van der Waals surface area contributed by atoms with Crippen molar-refractivity contribution >= 4 is 5.91 Å². The van der Waals surface area contributed by atoms with Crippen molar-refractivity contribution in [3.05, 3.63) is 35.6 Å². The van der Waals surface area contributed by atoms with Gasteiger partial charge in [0.15, 0.2) is 0 Å². The van der Waals surface area contributed by atoms with Gasteiger partial charge >= 0.3 is 0 Å². The van der Waals surface area contributed by atoms with Crippen molar-refractivity contribution in [1.29, 1.82) is 0 Å². The molecule has 1 aliphatic carbocycles. The van der Waals surface area contributed by atoms with Gasteiger partial charge < -0.3 is 10.0 Å². The first-order valence-electron chi connectivity index (χ1n) is 7.21. The lowest BCUT2D eigenvalue weighted by molar-refractivity contribution is -0.140. The SMILES string of the molecule is CC1(O)CCCN(C(=O)C2(c3ccc(F)cc3)CC2)C1. The van der Waals surface area contributed by atoms with Crippen molar-refractivity contribution in [2.75, 3.05) is 13.1 Å². The van der Waals surface area contributed by atoms with Crippen LogP contribution in [0, 0.1) is 5.82 Å². The molecule has 20 heavy (non-hydrogen) atoms. The smallest absolute Gasteiger partial charge is 0.233 e. The molecule has 0 bridgehead atoms. The molecule has 1 heterocycles. The Kier molecular flexibility index (Phi) is 3.09. The Bertz CT molecular complexity index is 520. The highest BCUT2D eigenvalue weighted by Crippen LogP contribution is 2.50. The number of rotatable bonds is 2. The van der Waals surface area contributed by atoms with Crippen LogP contribution in [0.5, 0.6) is 0 Å². The van der Waals surface area contributed by atoms with E-state index < -0.39 is 11.0 Å². The first-order valence-corrected chi connectivity index (χ1v) is 7.21. The van der Waals surface area contributed by atoms with Crippen LogP contribution in [0.2, 0.25) is 0 Å². The van der Waals surface area contributed by atoms with Gasteiger partial charge in [-0.15, -0.1) is 0 Å². The number of amides is 1. The van der Waals surface area contributed by atoms with Gasteiger partial charge in [-0.3, -0.25) is 4.79 Å². The van der Waals surface area contributed by atoms with Crippen LogP contribution >= 0.6 is 0 Å². The molecule has 0 spiro atoms. The molecule has 0 aromatic heterocycles. The summed E-state index contributed by atoms with van der Waals surface area (Å²) in [5, 5.41) is 10.1. The van der Waals surface area contributed by atoms with Gasteiger partial charge in [-0.1, -0.05) is 12.1 Å². The van der Waals surface area contributed by atoms with Gasteiger partial charge in [0.2, 0.25) is 5.91 Å². The Hall–Kier alpha value is -1.42. The van der Waals surface area contributed by atoms with Crippen molar-refractivity contribution < 1.29 is 14.3 Å². The molecule has 1 atom stereocenters.